The normalized spacial score (nSPS) is 10.8. The fourth-order valence-corrected chi connectivity index (χ4v) is 2.07. The molecule has 0 bridgehead atoms. The Morgan fingerprint density at radius 2 is 2.32 bits per heavy atom. The van der Waals surface area contributed by atoms with Crippen LogP contribution in [0, 0.1) is 0 Å². The number of amides is 1. The van der Waals surface area contributed by atoms with Gasteiger partial charge in [0, 0.05) is 41.9 Å². The van der Waals surface area contributed by atoms with Crippen molar-refractivity contribution < 1.29 is 9.53 Å². The van der Waals surface area contributed by atoms with Gasteiger partial charge in [0.1, 0.15) is 0 Å². The predicted octanol–water partition coefficient (Wildman–Crippen LogP) is 2.98. The van der Waals surface area contributed by atoms with Crippen molar-refractivity contribution in [3.63, 3.8) is 0 Å². The van der Waals surface area contributed by atoms with Crippen molar-refractivity contribution in [2.75, 3.05) is 19.8 Å². The number of hydrogen-bond donors (Lipinski definition) is 2. The minimum Gasteiger partial charge on any atom is -0.382 e. The summed E-state index contributed by atoms with van der Waals surface area (Å²) in [6.07, 6.45) is 2.52. The molecule has 0 saturated carbocycles. The Morgan fingerprint density at radius 1 is 1.47 bits per heavy atom. The molecule has 19 heavy (non-hydrogen) atoms. The van der Waals surface area contributed by atoms with Crippen LogP contribution in [0.4, 0.5) is 0 Å². The summed E-state index contributed by atoms with van der Waals surface area (Å²) in [5.41, 5.74) is 1.51. The topological polar surface area (TPSA) is 54.1 Å². The lowest BCUT2D eigenvalue weighted by atomic mass is 10.1. The first-order valence-electron chi connectivity index (χ1n) is 6.35. The Bertz CT molecular complexity index is 566. The lowest BCUT2D eigenvalue weighted by molar-refractivity contribution is 0.0946. The van der Waals surface area contributed by atoms with E-state index in [4.69, 9.17) is 16.3 Å². The molecule has 1 amide bonds. The Kier molecular flexibility index (Phi) is 4.82. The first-order chi connectivity index (χ1) is 9.22. The van der Waals surface area contributed by atoms with E-state index < -0.39 is 0 Å². The number of nitrogens with one attached hydrogen (secondary N) is 2. The molecule has 0 fully saturated rings. The summed E-state index contributed by atoms with van der Waals surface area (Å²) >= 11 is 5.91. The van der Waals surface area contributed by atoms with Crippen LogP contribution in [0.15, 0.2) is 24.4 Å². The smallest absolute Gasteiger partial charge is 0.253 e. The average molecular weight is 281 g/mol. The van der Waals surface area contributed by atoms with Gasteiger partial charge in [0.25, 0.3) is 5.91 Å². The molecule has 0 radical (unpaired) electrons. The fraction of sp³-hybridized carbons (Fsp3) is 0.357. The summed E-state index contributed by atoms with van der Waals surface area (Å²) in [4.78, 5) is 15.1. The maximum Gasteiger partial charge on any atom is 0.253 e. The molecule has 0 aliphatic carbocycles. The Labute approximate surface area is 117 Å². The number of aromatic nitrogens is 1. The molecule has 2 aromatic rings. The lowest BCUT2D eigenvalue weighted by Crippen LogP contribution is -2.25. The van der Waals surface area contributed by atoms with Crippen molar-refractivity contribution in [3.8, 4) is 0 Å². The molecule has 0 aliphatic heterocycles. The molecule has 2 rings (SSSR count). The molecule has 0 atom stereocenters. The van der Waals surface area contributed by atoms with Gasteiger partial charge in [0.05, 0.1) is 5.56 Å². The number of carbonyl (C=O) groups is 1. The third-order valence-corrected chi connectivity index (χ3v) is 3.08. The van der Waals surface area contributed by atoms with E-state index >= 15 is 0 Å². The van der Waals surface area contributed by atoms with Gasteiger partial charge < -0.3 is 15.0 Å². The highest BCUT2D eigenvalue weighted by Crippen LogP contribution is 2.21. The molecule has 1 aromatic heterocycles. The summed E-state index contributed by atoms with van der Waals surface area (Å²) in [5.74, 6) is -0.0786. The minimum atomic E-state index is -0.0786. The van der Waals surface area contributed by atoms with E-state index in [1.54, 1.807) is 12.3 Å². The SMILES string of the molecule is CCOCCCNC(=O)c1c[nH]c2cc(Cl)ccc12. The number of carbonyl (C=O) groups excluding carboxylic acids is 1. The van der Waals surface area contributed by atoms with Crippen molar-refractivity contribution in [2.45, 2.75) is 13.3 Å². The van der Waals surface area contributed by atoms with Gasteiger partial charge in [-0.25, -0.2) is 0 Å². The molecule has 5 heteroatoms. The number of rotatable bonds is 6. The van der Waals surface area contributed by atoms with Gasteiger partial charge in [0.15, 0.2) is 0 Å². The zero-order valence-corrected chi connectivity index (χ0v) is 11.6. The monoisotopic (exact) mass is 280 g/mol. The van der Waals surface area contributed by atoms with Crippen LogP contribution >= 0.6 is 11.6 Å². The molecule has 1 heterocycles. The zero-order chi connectivity index (χ0) is 13.7. The summed E-state index contributed by atoms with van der Waals surface area (Å²) in [6, 6.07) is 5.44. The first-order valence-corrected chi connectivity index (χ1v) is 6.72. The van der Waals surface area contributed by atoms with Gasteiger partial charge in [-0.1, -0.05) is 17.7 Å². The van der Waals surface area contributed by atoms with E-state index in [1.165, 1.54) is 0 Å². The van der Waals surface area contributed by atoms with Gasteiger partial charge >= 0.3 is 0 Å². The van der Waals surface area contributed by atoms with E-state index in [2.05, 4.69) is 10.3 Å². The third-order valence-electron chi connectivity index (χ3n) is 2.84. The molecule has 1 aromatic carbocycles. The number of aromatic amines is 1. The summed E-state index contributed by atoms with van der Waals surface area (Å²) in [7, 11) is 0. The van der Waals surface area contributed by atoms with Crippen LogP contribution in [0.5, 0.6) is 0 Å². The largest absolute Gasteiger partial charge is 0.382 e. The summed E-state index contributed by atoms with van der Waals surface area (Å²) in [6.45, 7) is 3.94. The summed E-state index contributed by atoms with van der Waals surface area (Å²) in [5, 5.41) is 4.41. The molecular weight excluding hydrogens is 264 g/mol. The van der Waals surface area contributed by atoms with Gasteiger partial charge in [0.2, 0.25) is 0 Å². The van der Waals surface area contributed by atoms with Gasteiger partial charge in [-0.15, -0.1) is 0 Å². The van der Waals surface area contributed by atoms with Crippen LogP contribution in [0.3, 0.4) is 0 Å². The van der Waals surface area contributed by atoms with Crippen LogP contribution in [0.25, 0.3) is 10.9 Å². The highest BCUT2D eigenvalue weighted by atomic mass is 35.5. The predicted molar refractivity (Wildman–Crippen MR) is 76.8 cm³/mol. The molecule has 4 nitrogen and oxygen atoms in total. The average Bonchev–Trinajstić information content (AvgIpc) is 2.81. The standard InChI is InChI=1S/C14H17ClN2O2/c1-2-19-7-3-6-16-14(18)12-9-17-13-8-10(15)4-5-11(12)13/h4-5,8-9,17H,2-3,6-7H2,1H3,(H,16,18). The van der Waals surface area contributed by atoms with Gasteiger partial charge in [-0.3, -0.25) is 4.79 Å². The maximum absolute atomic E-state index is 12.0. The minimum absolute atomic E-state index is 0.0786. The first kappa shape index (κ1) is 13.9. The Balaban J connectivity index is 1.97. The number of fused-ring (bicyclic) bond motifs is 1. The molecule has 0 spiro atoms. The maximum atomic E-state index is 12.0. The molecule has 0 unspecified atom stereocenters. The van der Waals surface area contributed by atoms with Gasteiger partial charge in [-0.05, 0) is 25.5 Å². The van der Waals surface area contributed by atoms with E-state index in [1.807, 2.05) is 19.1 Å². The summed E-state index contributed by atoms with van der Waals surface area (Å²) < 4.78 is 5.22. The Morgan fingerprint density at radius 3 is 3.11 bits per heavy atom. The van der Waals surface area contributed by atoms with Crippen LogP contribution < -0.4 is 5.32 Å². The second kappa shape index (κ2) is 6.59. The van der Waals surface area contributed by atoms with Crippen LogP contribution in [0.2, 0.25) is 5.02 Å². The second-order valence-corrected chi connectivity index (χ2v) is 4.64. The second-order valence-electron chi connectivity index (χ2n) is 4.20. The highest BCUT2D eigenvalue weighted by Gasteiger charge is 2.11. The van der Waals surface area contributed by atoms with E-state index in [0.29, 0.717) is 30.3 Å². The number of H-pyrrole nitrogens is 1. The number of benzene rings is 1. The molecular formula is C14H17ClN2O2. The van der Waals surface area contributed by atoms with E-state index in [9.17, 15) is 4.79 Å². The molecule has 0 saturated heterocycles. The van der Waals surface area contributed by atoms with E-state index in [0.717, 1.165) is 17.3 Å². The van der Waals surface area contributed by atoms with Crippen molar-refractivity contribution in [1.29, 1.82) is 0 Å². The van der Waals surface area contributed by atoms with E-state index in [-0.39, 0.29) is 5.91 Å². The van der Waals surface area contributed by atoms with Crippen LogP contribution in [-0.2, 0) is 4.74 Å². The zero-order valence-electron chi connectivity index (χ0n) is 10.8. The van der Waals surface area contributed by atoms with Crippen molar-refractivity contribution in [2.24, 2.45) is 0 Å². The highest BCUT2D eigenvalue weighted by molar-refractivity contribution is 6.31. The van der Waals surface area contributed by atoms with Gasteiger partial charge in [-0.2, -0.15) is 0 Å². The van der Waals surface area contributed by atoms with Crippen LogP contribution in [-0.4, -0.2) is 30.6 Å². The van der Waals surface area contributed by atoms with Crippen molar-refractivity contribution in [1.82, 2.24) is 10.3 Å². The quantitative estimate of drug-likeness (QED) is 0.799. The van der Waals surface area contributed by atoms with Crippen molar-refractivity contribution in [3.05, 3.63) is 35.0 Å². The number of halogens is 1. The fourth-order valence-electron chi connectivity index (χ4n) is 1.90. The number of hydrogen-bond acceptors (Lipinski definition) is 2. The van der Waals surface area contributed by atoms with Crippen LogP contribution in [0.1, 0.15) is 23.7 Å². The third kappa shape index (κ3) is 3.49. The Hall–Kier alpha value is -1.52. The molecule has 0 aliphatic rings. The molecule has 102 valence electrons. The molecule has 2 N–H and O–H groups in total. The lowest BCUT2D eigenvalue weighted by Gasteiger charge is -2.04. The van der Waals surface area contributed by atoms with Crippen molar-refractivity contribution >= 4 is 28.4 Å². The number of ether oxygens (including phenoxy) is 1.